The second-order valence-corrected chi connectivity index (χ2v) is 4.67. The number of nitrogens with zero attached hydrogens (tertiary/aromatic N) is 1. The molecule has 3 heteroatoms. The Bertz CT molecular complexity index is 207. The third-order valence-corrected chi connectivity index (χ3v) is 3.60. The van der Waals surface area contributed by atoms with Gasteiger partial charge in [0.15, 0.2) is 0 Å². The lowest BCUT2D eigenvalue weighted by Gasteiger charge is -2.30. The molecule has 1 N–H and O–H groups in total. The fourth-order valence-corrected chi connectivity index (χ4v) is 2.38. The van der Waals surface area contributed by atoms with Crippen molar-refractivity contribution < 1.29 is 4.79 Å². The highest BCUT2D eigenvalue weighted by Crippen LogP contribution is 2.23. The van der Waals surface area contributed by atoms with E-state index in [1.807, 2.05) is 11.9 Å². The average molecular weight is 196 g/mol. The van der Waals surface area contributed by atoms with E-state index in [9.17, 15) is 4.79 Å². The normalized spacial score (nSPS) is 23.5. The van der Waals surface area contributed by atoms with Crippen molar-refractivity contribution in [2.75, 3.05) is 20.1 Å². The van der Waals surface area contributed by atoms with Gasteiger partial charge in [-0.05, 0) is 31.8 Å². The second-order valence-electron chi connectivity index (χ2n) is 4.67. The van der Waals surface area contributed by atoms with E-state index in [2.05, 4.69) is 5.32 Å². The Labute approximate surface area is 85.8 Å². The molecule has 0 aromatic carbocycles. The summed E-state index contributed by atoms with van der Waals surface area (Å²) in [6.45, 7) is 2.06. The van der Waals surface area contributed by atoms with E-state index in [1.54, 1.807) is 0 Å². The summed E-state index contributed by atoms with van der Waals surface area (Å²) in [7, 11) is 1.98. The molecule has 2 aliphatic rings. The Balaban J connectivity index is 1.77. The van der Waals surface area contributed by atoms with Crippen LogP contribution in [0.3, 0.4) is 0 Å². The predicted octanol–water partition coefficient (Wildman–Crippen LogP) is 0.997. The summed E-state index contributed by atoms with van der Waals surface area (Å²) in [4.78, 5) is 13.8. The third kappa shape index (κ3) is 2.08. The van der Waals surface area contributed by atoms with Crippen LogP contribution in [0.15, 0.2) is 0 Å². The van der Waals surface area contributed by atoms with Crippen LogP contribution in [0.2, 0.25) is 0 Å². The maximum absolute atomic E-state index is 11.8. The van der Waals surface area contributed by atoms with Gasteiger partial charge in [0.2, 0.25) is 5.91 Å². The molecule has 1 amide bonds. The molecule has 3 nitrogen and oxygen atoms in total. The molecule has 0 bridgehead atoms. The maximum Gasteiger partial charge on any atom is 0.222 e. The Kier molecular flexibility index (Phi) is 3.06. The first-order valence-corrected chi connectivity index (χ1v) is 5.74. The Hall–Kier alpha value is -0.570. The Morgan fingerprint density at radius 1 is 1.36 bits per heavy atom. The van der Waals surface area contributed by atoms with Crippen molar-refractivity contribution in [3.8, 4) is 0 Å². The summed E-state index contributed by atoms with van der Waals surface area (Å²) in [6.07, 6.45) is 5.77. The molecule has 0 aromatic rings. The highest BCUT2D eigenvalue weighted by molar-refractivity contribution is 5.76. The van der Waals surface area contributed by atoms with Crippen LogP contribution in [0, 0.1) is 5.92 Å². The zero-order valence-electron chi connectivity index (χ0n) is 8.96. The summed E-state index contributed by atoms with van der Waals surface area (Å²) in [5.41, 5.74) is 0. The molecule has 2 rings (SSSR count). The van der Waals surface area contributed by atoms with Crippen LogP contribution >= 0.6 is 0 Å². The number of amides is 1. The summed E-state index contributed by atoms with van der Waals surface area (Å²) < 4.78 is 0. The van der Waals surface area contributed by atoms with Crippen LogP contribution < -0.4 is 5.32 Å². The Morgan fingerprint density at radius 2 is 2.00 bits per heavy atom. The van der Waals surface area contributed by atoms with Crippen molar-refractivity contribution in [2.24, 2.45) is 5.92 Å². The van der Waals surface area contributed by atoms with Crippen LogP contribution in [-0.2, 0) is 4.79 Å². The van der Waals surface area contributed by atoms with Gasteiger partial charge < -0.3 is 10.2 Å². The van der Waals surface area contributed by atoms with Gasteiger partial charge in [-0.15, -0.1) is 0 Å². The molecule has 0 aromatic heterocycles. The van der Waals surface area contributed by atoms with Gasteiger partial charge in [0.05, 0.1) is 0 Å². The van der Waals surface area contributed by atoms with Gasteiger partial charge in [-0.1, -0.05) is 12.8 Å². The summed E-state index contributed by atoms with van der Waals surface area (Å²) in [5, 5.41) is 3.20. The molecule has 0 spiro atoms. The molecule has 2 fully saturated rings. The molecule has 1 aliphatic carbocycles. The number of carbonyl (C=O) groups excluding carboxylic acids is 1. The van der Waals surface area contributed by atoms with E-state index in [0.717, 1.165) is 19.5 Å². The average Bonchev–Trinajstić information content (AvgIpc) is 2.62. The third-order valence-electron chi connectivity index (χ3n) is 3.60. The largest absolute Gasteiger partial charge is 0.343 e. The van der Waals surface area contributed by atoms with E-state index in [4.69, 9.17) is 0 Å². The molecular formula is C11H20N2O. The van der Waals surface area contributed by atoms with Crippen LogP contribution in [0.4, 0.5) is 0 Å². The molecule has 1 saturated heterocycles. The van der Waals surface area contributed by atoms with E-state index in [0.29, 0.717) is 17.9 Å². The summed E-state index contributed by atoms with van der Waals surface area (Å²) >= 11 is 0. The SMILES string of the molecule is CN(C(=O)CC1CNC1)C1CCCC1. The van der Waals surface area contributed by atoms with Crippen molar-refractivity contribution >= 4 is 5.91 Å². The molecule has 1 aliphatic heterocycles. The molecule has 80 valence electrons. The maximum atomic E-state index is 11.8. The van der Waals surface area contributed by atoms with Gasteiger partial charge in [0, 0.05) is 19.5 Å². The van der Waals surface area contributed by atoms with E-state index in [1.165, 1.54) is 25.7 Å². The van der Waals surface area contributed by atoms with Crippen LogP contribution in [0.1, 0.15) is 32.1 Å². The molecular weight excluding hydrogens is 176 g/mol. The Morgan fingerprint density at radius 3 is 2.50 bits per heavy atom. The van der Waals surface area contributed by atoms with E-state index < -0.39 is 0 Å². The smallest absolute Gasteiger partial charge is 0.222 e. The molecule has 1 heterocycles. The predicted molar refractivity (Wildman–Crippen MR) is 56.0 cm³/mol. The van der Waals surface area contributed by atoms with Gasteiger partial charge >= 0.3 is 0 Å². The zero-order valence-corrected chi connectivity index (χ0v) is 8.96. The van der Waals surface area contributed by atoms with Gasteiger partial charge in [0.25, 0.3) is 0 Å². The monoisotopic (exact) mass is 196 g/mol. The van der Waals surface area contributed by atoms with Crippen molar-refractivity contribution in [3.05, 3.63) is 0 Å². The number of hydrogen-bond acceptors (Lipinski definition) is 2. The lowest BCUT2D eigenvalue weighted by Crippen LogP contribution is -2.46. The minimum absolute atomic E-state index is 0.350. The highest BCUT2D eigenvalue weighted by Gasteiger charge is 2.27. The molecule has 14 heavy (non-hydrogen) atoms. The highest BCUT2D eigenvalue weighted by atomic mass is 16.2. The molecule has 0 unspecified atom stereocenters. The van der Waals surface area contributed by atoms with Gasteiger partial charge in [-0.2, -0.15) is 0 Å². The fourth-order valence-electron chi connectivity index (χ4n) is 2.38. The lowest BCUT2D eigenvalue weighted by molar-refractivity contribution is -0.133. The minimum atomic E-state index is 0.350. The van der Waals surface area contributed by atoms with E-state index in [-0.39, 0.29) is 0 Å². The minimum Gasteiger partial charge on any atom is -0.343 e. The number of carbonyl (C=O) groups is 1. The topological polar surface area (TPSA) is 32.3 Å². The number of nitrogens with one attached hydrogen (secondary N) is 1. The standard InChI is InChI=1S/C11H20N2O/c1-13(10-4-2-3-5-10)11(14)6-9-7-12-8-9/h9-10,12H,2-8H2,1H3. The first kappa shape index (κ1) is 9.97. The summed E-state index contributed by atoms with van der Waals surface area (Å²) in [6, 6.07) is 0.538. The van der Waals surface area contributed by atoms with Gasteiger partial charge in [-0.3, -0.25) is 4.79 Å². The molecule has 0 radical (unpaired) electrons. The number of rotatable bonds is 3. The number of hydrogen-bond donors (Lipinski definition) is 1. The van der Waals surface area contributed by atoms with Crippen molar-refractivity contribution in [1.82, 2.24) is 10.2 Å². The van der Waals surface area contributed by atoms with Crippen LogP contribution in [0.25, 0.3) is 0 Å². The first-order chi connectivity index (χ1) is 6.77. The molecule has 1 saturated carbocycles. The van der Waals surface area contributed by atoms with E-state index >= 15 is 0 Å². The van der Waals surface area contributed by atoms with Gasteiger partial charge in [-0.25, -0.2) is 0 Å². The zero-order chi connectivity index (χ0) is 9.97. The van der Waals surface area contributed by atoms with Crippen molar-refractivity contribution in [2.45, 2.75) is 38.1 Å². The lowest BCUT2D eigenvalue weighted by atomic mass is 9.98. The quantitative estimate of drug-likeness (QED) is 0.730. The molecule has 0 atom stereocenters. The van der Waals surface area contributed by atoms with Crippen LogP contribution in [-0.4, -0.2) is 37.0 Å². The van der Waals surface area contributed by atoms with Crippen molar-refractivity contribution in [1.29, 1.82) is 0 Å². The first-order valence-electron chi connectivity index (χ1n) is 5.74. The van der Waals surface area contributed by atoms with Gasteiger partial charge in [0.1, 0.15) is 0 Å². The fraction of sp³-hybridized carbons (Fsp3) is 0.909. The second kappa shape index (κ2) is 4.30. The van der Waals surface area contributed by atoms with Crippen molar-refractivity contribution in [3.63, 3.8) is 0 Å². The summed E-state index contributed by atoms with van der Waals surface area (Å²) in [5.74, 6) is 0.953. The van der Waals surface area contributed by atoms with Crippen LogP contribution in [0.5, 0.6) is 0 Å².